The molecular formula is C13H14F3NO3. The van der Waals surface area contributed by atoms with Crippen LogP contribution in [0.2, 0.25) is 0 Å². The lowest BCUT2D eigenvalue weighted by Crippen LogP contribution is -2.33. The van der Waals surface area contributed by atoms with Gasteiger partial charge >= 0.3 is 12.1 Å². The maximum Gasteiger partial charge on any atom is 0.416 e. The average Bonchev–Trinajstić information content (AvgIpc) is 2.36. The van der Waals surface area contributed by atoms with E-state index in [1.807, 2.05) is 0 Å². The van der Waals surface area contributed by atoms with Gasteiger partial charge in [-0.25, -0.2) is 0 Å². The van der Waals surface area contributed by atoms with Crippen molar-refractivity contribution < 1.29 is 27.9 Å². The summed E-state index contributed by atoms with van der Waals surface area (Å²) in [4.78, 5) is 22.2. The highest BCUT2D eigenvalue weighted by Crippen LogP contribution is 2.31. The molecule has 1 rings (SSSR count). The second-order valence-corrected chi connectivity index (χ2v) is 4.20. The van der Waals surface area contributed by atoms with Gasteiger partial charge in [-0.1, -0.05) is 25.1 Å². The first-order valence-corrected chi connectivity index (χ1v) is 5.92. The third-order valence-corrected chi connectivity index (χ3v) is 2.75. The summed E-state index contributed by atoms with van der Waals surface area (Å²) in [6, 6.07) is 4.48. The number of hydrogen-bond acceptors (Lipinski definition) is 2. The van der Waals surface area contributed by atoms with Gasteiger partial charge in [0.15, 0.2) is 0 Å². The fourth-order valence-corrected chi connectivity index (χ4v) is 1.79. The molecule has 0 fully saturated rings. The number of rotatable bonds is 5. The molecule has 0 saturated carbocycles. The monoisotopic (exact) mass is 289 g/mol. The number of benzene rings is 1. The lowest BCUT2D eigenvalue weighted by atomic mass is 9.94. The molecule has 1 amide bonds. The van der Waals surface area contributed by atoms with E-state index in [1.54, 1.807) is 6.92 Å². The van der Waals surface area contributed by atoms with E-state index in [1.165, 1.54) is 12.1 Å². The van der Waals surface area contributed by atoms with Crippen molar-refractivity contribution in [1.82, 2.24) is 5.32 Å². The number of amides is 1. The van der Waals surface area contributed by atoms with Crippen LogP contribution in [-0.4, -0.2) is 23.5 Å². The third-order valence-electron chi connectivity index (χ3n) is 2.75. The van der Waals surface area contributed by atoms with Gasteiger partial charge in [0.2, 0.25) is 5.91 Å². The molecule has 1 atom stereocenters. The largest absolute Gasteiger partial charge is 0.480 e. The van der Waals surface area contributed by atoms with E-state index in [0.29, 0.717) is 0 Å². The molecule has 7 heteroatoms. The molecule has 0 aliphatic rings. The minimum Gasteiger partial charge on any atom is -0.480 e. The quantitative estimate of drug-likeness (QED) is 0.874. The Morgan fingerprint density at radius 1 is 1.35 bits per heavy atom. The molecule has 1 aromatic carbocycles. The second-order valence-electron chi connectivity index (χ2n) is 4.20. The first-order chi connectivity index (χ1) is 9.25. The second kappa shape index (κ2) is 6.40. The van der Waals surface area contributed by atoms with Crippen LogP contribution in [0.5, 0.6) is 0 Å². The number of carbonyl (C=O) groups excluding carboxylic acids is 1. The Morgan fingerprint density at radius 2 is 2.00 bits per heavy atom. The number of carbonyl (C=O) groups is 2. The number of alkyl halides is 3. The van der Waals surface area contributed by atoms with Crippen molar-refractivity contribution in [3.05, 3.63) is 35.4 Å². The molecule has 1 aromatic rings. The summed E-state index contributed by atoms with van der Waals surface area (Å²) in [6.07, 6.45) is -4.21. The summed E-state index contributed by atoms with van der Waals surface area (Å²) in [5.41, 5.74) is -0.621. The van der Waals surface area contributed by atoms with Crippen LogP contribution < -0.4 is 5.32 Å². The fourth-order valence-electron chi connectivity index (χ4n) is 1.79. The molecule has 4 nitrogen and oxygen atoms in total. The van der Waals surface area contributed by atoms with Crippen LogP contribution in [0.25, 0.3) is 0 Å². The zero-order valence-corrected chi connectivity index (χ0v) is 10.7. The van der Waals surface area contributed by atoms with Gasteiger partial charge in [0.1, 0.15) is 6.54 Å². The molecule has 110 valence electrons. The predicted octanol–water partition coefficient (Wildman–Crippen LogP) is 2.40. The van der Waals surface area contributed by atoms with Crippen LogP contribution in [0.4, 0.5) is 13.2 Å². The van der Waals surface area contributed by atoms with Crippen molar-refractivity contribution in [2.24, 2.45) is 0 Å². The van der Waals surface area contributed by atoms with E-state index in [9.17, 15) is 22.8 Å². The molecule has 0 aliphatic heterocycles. The summed E-state index contributed by atoms with van der Waals surface area (Å²) in [5, 5.41) is 10.6. The summed E-state index contributed by atoms with van der Waals surface area (Å²) in [5.74, 6) is -2.62. The number of hydrogen-bond donors (Lipinski definition) is 2. The van der Waals surface area contributed by atoms with Gasteiger partial charge in [-0.05, 0) is 18.1 Å². The standard InChI is InChI=1S/C13H14F3NO3/c1-2-10(12(20)17-7-11(18)19)8-4-3-5-9(6-8)13(14,15)16/h3-6,10H,2,7H2,1H3,(H,17,20)(H,18,19). The molecule has 0 bridgehead atoms. The van der Waals surface area contributed by atoms with Crippen molar-refractivity contribution in [2.45, 2.75) is 25.4 Å². The normalized spacial score (nSPS) is 12.8. The minimum absolute atomic E-state index is 0.213. The molecule has 0 heterocycles. The molecule has 0 radical (unpaired) electrons. The van der Waals surface area contributed by atoms with Crippen molar-refractivity contribution in [3.63, 3.8) is 0 Å². The maximum absolute atomic E-state index is 12.6. The summed E-state index contributed by atoms with van der Waals surface area (Å²) >= 11 is 0. The SMILES string of the molecule is CCC(C(=O)NCC(=O)O)c1cccc(C(F)(F)F)c1. The molecule has 0 saturated heterocycles. The van der Waals surface area contributed by atoms with Crippen LogP contribution in [0.1, 0.15) is 30.4 Å². The Kier molecular flexibility index (Phi) is 5.12. The first-order valence-electron chi connectivity index (χ1n) is 5.92. The van der Waals surface area contributed by atoms with Crippen LogP contribution >= 0.6 is 0 Å². The molecule has 0 aromatic heterocycles. The fraction of sp³-hybridized carbons (Fsp3) is 0.385. The molecule has 2 N–H and O–H groups in total. The smallest absolute Gasteiger partial charge is 0.416 e. The predicted molar refractivity (Wildman–Crippen MR) is 65.1 cm³/mol. The van der Waals surface area contributed by atoms with Crippen molar-refractivity contribution in [3.8, 4) is 0 Å². The Labute approximate surface area is 113 Å². The van der Waals surface area contributed by atoms with E-state index in [4.69, 9.17) is 5.11 Å². The Balaban J connectivity index is 2.95. The Bertz CT molecular complexity index is 500. The topological polar surface area (TPSA) is 66.4 Å². The molecular weight excluding hydrogens is 275 g/mol. The summed E-state index contributed by atoms with van der Waals surface area (Å²) in [6.45, 7) is 1.08. The van der Waals surface area contributed by atoms with Crippen LogP contribution in [0.15, 0.2) is 24.3 Å². The Hall–Kier alpha value is -2.05. The zero-order chi connectivity index (χ0) is 15.3. The van der Waals surface area contributed by atoms with E-state index in [2.05, 4.69) is 5.32 Å². The highest BCUT2D eigenvalue weighted by atomic mass is 19.4. The van der Waals surface area contributed by atoms with Crippen molar-refractivity contribution in [2.75, 3.05) is 6.54 Å². The maximum atomic E-state index is 12.6. The number of aliphatic carboxylic acids is 1. The third kappa shape index (κ3) is 4.25. The highest BCUT2D eigenvalue weighted by molar-refractivity contribution is 5.86. The van der Waals surface area contributed by atoms with E-state index < -0.39 is 36.1 Å². The van der Waals surface area contributed by atoms with Crippen LogP contribution in [0, 0.1) is 0 Å². The lowest BCUT2D eigenvalue weighted by Gasteiger charge is -2.16. The molecule has 1 unspecified atom stereocenters. The number of carboxylic acid groups (broad SMARTS) is 1. The molecule has 0 aliphatic carbocycles. The number of nitrogens with one attached hydrogen (secondary N) is 1. The number of carboxylic acids is 1. The molecule has 0 spiro atoms. The lowest BCUT2D eigenvalue weighted by molar-refractivity contribution is -0.138. The van der Waals surface area contributed by atoms with Crippen molar-refractivity contribution >= 4 is 11.9 Å². The van der Waals surface area contributed by atoms with E-state index in [-0.39, 0.29) is 12.0 Å². The summed E-state index contributed by atoms with van der Waals surface area (Å²) < 4.78 is 37.8. The van der Waals surface area contributed by atoms with E-state index in [0.717, 1.165) is 12.1 Å². The molecule has 20 heavy (non-hydrogen) atoms. The average molecular weight is 289 g/mol. The minimum atomic E-state index is -4.48. The van der Waals surface area contributed by atoms with Gasteiger partial charge in [-0.2, -0.15) is 13.2 Å². The van der Waals surface area contributed by atoms with Crippen LogP contribution in [-0.2, 0) is 15.8 Å². The van der Waals surface area contributed by atoms with Gasteiger partial charge in [-0.15, -0.1) is 0 Å². The number of halogens is 3. The van der Waals surface area contributed by atoms with Crippen molar-refractivity contribution in [1.29, 1.82) is 0 Å². The van der Waals surface area contributed by atoms with Gasteiger partial charge in [0.25, 0.3) is 0 Å². The van der Waals surface area contributed by atoms with Gasteiger partial charge in [0.05, 0.1) is 11.5 Å². The Morgan fingerprint density at radius 3 is 2.50 bits per heavy atom. The zero-order valence-electron chi connectivity index (χ0n) is 10.7. The first kappa shape index (κ1) is 16.0. The van der Waals surface area contributed by atoms with E-state index >= 15 is 0 Å². The van der Waals surface area contributed by atoms with Gasteiger partial charge < -0.3 is 10.4 Å². The van der Waals surface area contributed by atoms with Gasteiger partial charge in [0, 0.05) is 0 Å². The highest BCUT2D eigenvalue weighted by Gasteiger charge is 2.31. The summed E-state index contributed by atoms with van der Waals surface area (Å²) in [7, 11) is 0. The van der Waals surface area contributed by atoms with Gasteiger partial charge in [-0.3, -0.25) is 9.59 Å². The van der Waals surface area contributed by atoms with Crippen LogP contribution in [0.3, 0.4) is 0 Å².